The number of carbonyl (C=O) groups is 1. The summed E-state index contributed by atoms with van der Waals surface area (Å²) in [4.78, 5) is 14.3. The molecule has 20 heavy (non-hydrogen) atoms. The first-order valence-electron chi connectivity index (χ1n) is 7.09. The summed E-state index contributed by atoms with van der Waals surface area (Å²) in [5, 5.41) is 2.88. The third-order valence-electron chi connectivity index (χ3n) is 3.59. The van der Waals surface area contributed by atoms with Crippen LogP contribution in [0.5, 0.6) is 0 Å². The molecule has 0 aromatic heterocycles. The molecule has 0 aliphatic carbocycles. The number of morpholine rings is 1. The minimum Gasteiger partial charge on any atom is -0.377 e. The smallest absolute Gasteiger partial charge is 0.245 e. The maximum atomic E-state index is 12.2. The van der Waals surface area contributed by atoms with Gasteiger partial charge in [0.05, 0.1) is 13.2 Å². The second-order valence-corrected chi connectivity index (χ2v) is 5.00. The zero-order chi connectivity index (χ0) is 14.5. The second-order valence-electron chi connectivity index (χ2n) is 5.00. The molecule has 1 amide bonds. The number of rotatable bonds is 4. The molecule has 1 heterocycles. The first-order valence-corrected chi connectivity index (χ1v) is 7.09. The average Bonchev–Trinajstić information content (AvgIpc) is 2.47. The Morgan fingerprint density at radius 2 is 2.35 bits per heavy atom. The van der Waals surface area contributed by atoms with E-state index < -0.39 is 0 Å². The molecular formula is C15H23N3O2. The molecule has 0 spiro atoms. The Kier molecular flexibility index (Phi) is 4.98. The van der Waals surface area contributed by atoms with Crippen LogP contribution >= 0.6 is 0 Å². The fourth-order valence-corrected chi connectivity index (χ4v) is 2.57. The molecular weight excluding hydrogens is 254 g/mol. The Morgan fingerprint density at radius 3 is 3.00 bits per heavy atom. The number of hydrogen-bond acceptors (Lipinski definition) is 4. The van der Waals surface area contributed by atoms with Crippen molar-refractivity contribution >= 4 is 11.6 Å². The number of amides is 1. The Morgan fingerprint density at radius 1 is 1.55 bits per heavy atom. The van der Waals surface area contributed by atoms with E-state index in [1.807, 2.05) is 13.0 Å². The van der Waals surface area contributed by atoms with Gasteiger partial charge in [-0.2, -0.15) is 0 Å². The van der Waals surface area contributed by atoms with E-state index in [-0.39, 0.29) is 11.9 Å². The number of nitrogens with zero attached hydrogens (tertiary/aromatic N) is 1. The van der Waals surface area contributed by atoms with E-state index in [4.69, 9.17) is 10.5 Å². The molecule has 1 unspecified atom stereocenters. The molecule has 5 nitrogen and oxygen atoms in total. The Balaban J connectivity index is 2.25. The lowest BCUT2D eigenvalue weighted by atomic mass is 10.1. The summed E-state index contributed by atoms with van der Waals surface area (Å²) >= 11 is 0. The molecule has 1 aliphatic rings. The van der Waals surface area contributed by atoms with Crippen LogP contribution in [0.25, 0.3) is 0 Å². The van der Waals surface area contributed by atoms with Crippen LogP contribution in [-0.4, -0.2) is 38.3 Å². The molecule has 0 radical (unpaired) electrons. The number of nitrogens with two attached hydrogens (primary N) is 1. The van der Waals surface area contributed by atoms with Crippen molar-refractivity contribution in [2.45, 2.75) is 26.4 Å². The van der Waals surface area contributed by atoms with Crippen molar-refractivity contribution in [1.82, 2.24) is 5.32 Å². The minimum atomic E-state index is -0.258. The number of benzene rings is 1. The van der Waals surface area contributed by atoms with Crippen LogP contribution in [0.15, 0.2) is 18.2 Å². The number of carbonyl (C=O) groups excluding carboxylic acids is 1. The van der Waals surface area contributed by atoms with Gasteiger partial charge < -0.3 is 20.7 Å². The lowest BCUT2D eigenvalue weighted by molar-refractivity contribution is -0.124. The summed E-state index contributed by atoms with van der Waals surface area (Å²) in [6.45, 7) is 6.95. The zero-order valence-corrected chi connectivity index (χ0v) is 12.2. The predicted octanol–water partition coefficient (Wildman–Crippen LogP) is 0.795. The molecule has 1 saturated heterocycles. The van der Waals surface area contributed by atoms with Crippen LogP contribution in [0, 0.1) is 6.92 Å². The predicted molar refractivity (Wildman–Crippen MR) is 79.7 cm³/mol. The molecule has 110 valence electrons. The number of likely N-dealkylation sites (N-methyl/N-ethyl adjacent to an activating group) is 1. The van der Waals surface area contributed by atoms with Crippen molar-refractivity contribution < 1.29 is 9.53 Å². The highest BCUT2D eigenvalue weighted by Gasteiger charge is 2.29. The van der Waals surface area contributed by atoms with Gasteiger partial charge >= 0.3 is 0 Å². The van der Waals surface area contributed by atoms with E-state index >= 15 is 0 Å². The van der Waals surface area contributed by atoms with E-state index in [1.54, 1.807) is 0 Å². The van der Waals surface area contributed by atoms with Gasteiger partial charge in [-0.25, -0.2) is 0 Å². The maximum Gasteiger partial charge on any atom is 0.245 e. The van der Waals surface area contributed by atoms with Crippen LogP contribution in [-0.2, 0) is 16.1 Å². The first-order chi connectivity index (χ1) is 9.67. The topological polar surface area (TPSA) is 67.6 Å². The van der Waals surface area contributed by atoms with Crippen molar-refractivity contribution in [3.8, 4) is 0 Å². The summed E-state index contributed by atoms with van der Waals surface area (Å²) in [7, 11) is 0. The van der Waals surface area contributed by atoms with E-state index in [1.165, 1.54) is 0 Å². The molecule has 1 atom stereocenters. The molecule has 1 aromatic carbocycles. The van der Waals surface area contributed by atoms with Crippen LogP contribution in [0.2, 0.25) is 0 Å². The van der Waals surface area contributed by atoms with E-state index in [0.717, 1.165) is 23.4 Å². The van der Waals surface area contributed by atoms with Crippen molar-refractivity contribution in [3.05, 3.63) is 29.3 Å². The van der Waals surface area contributed by atoms with Crippen LogP contribution in [0.4, 0.5) is 5.69 Å². The van der Waals surface area contributed by atoms with E-state index in [0.29, 0.717) is 26.3 Å². The van der Waals surface area contributed by atoms with Gasteiger partial charge in [0, 0.05) is 25.3 Å². The SMILES string of the molecule is CCNC(=O)C1COCCN1c1ccc(CN)cc1C. The summed E-state index contributed by atoms with van der Waals surface area (Å²) < 4.78 is 5.46. The molecule has 1 aromatic rings. The Hall–Kier alpha value is -1.59. The van der Waals surface area contributed by atoms with Crippen LogP contribution < -0.4 is 16.0 Å². The number of aryl methyl sites for hydroxylation is 1. The van der Waals surface area contributed by atoms with Gasteiger partial charge in [-0.15, -0.1) is 0 Å². The maximum absolute atomic E-state index is 12.2. The fraction of sp³-hybridized carbons (Fsp3) is 0.533. The Bertz CT molecular complexity index is 476. The Labute approximate surface area is 120 Å². The first kappa shape index (κ1) is 14.8. The molecule has 2 rings (SSSR count). The molecule has 1 fully saturated rings. The normalized spacial score (nSPS) is 18.9. The van der Waals surface area contributed by atoms with Gasteiger partial charge in [0.15, 0.2) is 0 Å². The summed E-state index contributed by atoms with van der Waals surface area (Å²) in [6, 6.07) is 5.90. The van der Waals surface area contributed by atoms with Crippen molar-refractivity contribution in [3.63, 3.8) is 0 Å². The summed E-state index contributed by atoms with van der Waals surface area (Å²) in [5.41, 5.74) is 9.00. The quantitative estimate of drug-likeness (QED) is 0.854. The highest BCUT2D eigenvalue weighted by Crippen LogP contribution is 2.25. The van der Waals surface area contributed by atoms with Crippen molar-refractivity contribution in [2.75, 3.05) is 31.2 Å². The number of hydrogen-bond donors (Lipinski definition) is 2. The lowest BCUT2D eigenvalue weighted by Gasteiger charge is -2.37. The van der Waals surface area contributed by atoms with Gasteiger partial charge in [-0.1, -0.05) is 12.1 Å². The van der Waals surface area contributed by atoms with E-state index in [9.17, 15) is 4.79 Å². The fourth-order valence-electron chi connectivity index (χ4n) is 2.57. The number of nitrogens with one attached hydrogen (secondary N) is 1. The van der Waals surface area contributed by atoms with Gasteiger partial charge in [0.2, 0.25) is 5.91 Å². The van der Waals surface area contributed by atoms with Crippen LogP contribution in [0.1, 0.15) is 18.1 Å². The largest absolute Gasteiger partial charge is 0.377 e. The third kappa shape index (κ3) is 3.11. The van der Waals surface area contributed by atoms with Crippen LogP contribution in [0.3, 0.4) is 0 Å². The molecule has 0 saturated carbocycles. The van der Waals surface area contributed by atoms with Gasteiger partial charge in [0.25, 0.3) is 0 Å². The standard InChI is InChI=1S/C15H23N3O2/c1-3-17-15(19)14-10-20-7-6-18(14)13-5-4-12(9-16)8-11(13)2/h4-5,8,14H,3,6-7,9-10,16H2,1-2H3,(H,17,19). The van der Waals surface area contributed by atoms with E-state index in [2.05, 4.69) is 29.3 Å². The number of anilines is 1. The second kappa shape index (κ2) is 6.72. The molecule has 1 aliphatic heterocycles. The highest BCUT2D eigenvalue weighted by molar-refractivity contribution is 5.86. The molecule has 5 heteroatoms. The monoisotopic (exact) mass is 277 g/mol. The minimum absolute atomic E-state index is 0.0227. The summed E-state index contributed by atoms with van der Waals surface area (Å²) in [6.07, 6.45) is 0. The number of ether oxygens (including phenoxy) is 1. The van der Waals surface area contributed by atoms with Crippen molar-refractivity contribution in [1.29, 1.82) is 0 Å². The molecule has 3 N–H and O–H groups in total. The van der Waals surface area contributed by atoms with Gasteiger partial charge in [-0.3, -0.25) is 4.79 Å². The average molecular weight is 277 g/mol. The molecule has 0 bridgehead atoms. The highest BCUT2D eigenvalue weighted by atomic mass is 16.5. The third-order valence-corrected chi connectivity index (χ3v) is 3.59. The lowest BCUT2D eigenvalue weighted by Crippen LogP contribution is -2.54. The zero-order valence-electron chi connectivity index (χ0n) is 12.2. The van der Waals surface area contributed by atoms with Gasteiger partial charge in [0.1, 0.15) is 6.04 Å². The summed E-state index contributed by atoms with van der Waals surface area (Å²) in [5.74, 6) is 0.0227. The van der Waals surface area contributed by atoms with Crippen molar-refractivity contribution in [2.24, 2.45) is 5.73 Å². The van der Waals surface area contributed by atoms with Gasteiger partial charge in [-0.05, 0) is 31.0 Å².